The molecule has 0 spiro atoms. The van der Waals surface area contributed by atoms with E-state index < -0.39 is 0 Å². The van der Waals surface area contributed by atoms with Gasteiger partial charge in [0, 0.05) is 31.3 Å². The normalized spacial score (nSPS) is 18.0. The third kappa shape index (κ3) is 5.12. The lowest BCUT2D eigenvalue weighted by molar-refractivity contribution is 0.00253. The van der Waals surface area contributed by atoms with Gasteiger partial charge in [-0.3, -0.25) is 4.79 Å². The molecule has 0 bridgehead atoms. The van der Waals surface area contributed by atoms with Crippen LogP contribution in [0.2, 0.25) is 0 Å². The van der Waals surface area contributed by atoms with Gasteiger partial charge in [0.15, 0.2) is 5.82 Å². The molecule has 6 nitrogen and oxygen atoms in total. The smallest absolute Gasteiger partial charge is 0.254 e. The minimum Gasteiger partial charge on any atom is -0.376 e. The predicted octanol–water partition coefficient (Wildman–Crippen LogP) is 3.19. The monoisotopic (exact) mass is 363 g/mol. The number of aromatic nitrogens is 2. The molecule has 1 saturated heterocycles. The van der Waals surface area contributed by atoms with Crippen LogP contribution in [0.25, 0.3) is 0 Å². The molecule has 3 heterocycles. The topological polar surface area (TPSA) is 68.5 Å². The summed E-state index contributed by atoms with van der Waals surface area (Å²) in [6.45, 7) is 6.25. The Balaban J connectivity index is 1.44. The molecule has 0 N–H and O–H groups in total. The first kappa shape index (κ1) is 18.1. The van der Waals surface area contributed by atoms with Gasteiger partial charge in [-0.2, -0.15) is 16.3 Å². The lowest BCUT2D eigenvalue weighted by Gasteiger charge is -2.32. The van der Waals surface area contributed by atoms with Crippen molar-refractivity contribution in [2.75, 3.05) is 19.7 Å². The molecular weight excluding hydrogens is 338 g/mol. The van der Waals surface area contributed by atoms with Gasteiger partial charge in [0.1, 0.15) is 0 Å². The van der Waals surface area contributed by atoms with Gasteiger partial charge in [-0.25, -0.2) is 0 Å². The largest absolute Gasteiger partial charge is 0.376 e. The fourth-order valence-corrected chi connectivity index (χ4v) is 3.60. The quantitative estimate of drug-likeness (QED) is 0.756. The summed E-state index contributed by atoms with van der Waals surface area (Å²) in [5, 5.41) is 7.83. The number of thiophene rings is 1. The summed E-state index contributed by atoms with van der Waals surface area (Å²) >= 11 is 1.55. The Morgan fingerprint density at radius 3 is 3.16 bits per heavy atom. The van der Waals surface area contributed by atoms with Gasteiger partial charge in [-0.05, 0) is 30.2 Å². The zero-order valence-corrected chi connectivity index (χ0v) is 15.6. The van der Waals surface area contributed by atoms with Crippen molar-refractivity contribution in [1.82, 2.24) is 15.0 Å². The van der Waals surface area contributed by atoms with Crippen molar-refractivity contribution >= 4 is 17.2 Å². The number of carbonyl (C=O) groups is 1. The van der Waals surface area contributed by atoms with Crippen LogP contribution in [0.1, 0.15) is 48.8 Å². The average molecular weight is 363 g/mol. The fraction of sp³-hybridized carbons (Fsp3) is 0.611. The van der Waals surface area contributed by atoms with E-state index in [-0.39, 0.29) is 12.0 Å². The lowest BCUT2D eigenvalue weighted by Crippen LogP contribution is -2.43. The van der Waals surface area contributed by atoms with Crippen LogP contribution in [-0.4, -0.2) is 46.7 Å². The highest BCUT2D eigenvalue weighted by Gasteiger charge is 2.25. The van der Waals surface area contributed by atoms with Crippen molar-refractivity contribution < 1.29 is 14.1 Å². The van der Waals surface area contributed by atoms with Crippen LogP contribution >= 0.6 is 11.3 Å². The van der Waals surface area contributed by atoms with Gasteiger partial charge in [0.25, 0.3) is 5.91 Å². The Hall–Kier alpha value is -1.73. The van der Waals surface area contributed by atoms with E-state index in [1.807, 2.05) is 21.7 Å². The molecule has 1 unspecified atom stereocenters. The van der Waals surface area contributed by atoms with Gasteiger partial charge in [0.05, 0.1) is 18.3 Å². The van der Waals surface area contributed by atoms with Gasteiger partial charge >= 0.3 is 0 Å². The molecule has 1 aliphatic heterocycles. The Labute approximate surface area is 152 Å². The van der Waals surface area contributed by atoms with Crippen molar-refractivity contribution in [3.05, 3.63) is 34.1 Å². The van der Waals surface area contributed by atoms with Crippen LogP contribution in [0.15, 0.2) is 21.3 Å². The standard InChI is InChI=1S/C18H25N3O3S/c1-13(2)10-17-19-16(20-24-17)5-8-23-15-4-3-7-21(11-15)18(22)14-6-9-25-12-14/h6,9,12-13,15H,3-5,7-8,10-11H2,1-2H3. The number of hydrogen-bond acceptors (Lipinski definition) is 6. The van der Waals surface area contributed by atoms with Crippen LogP contribution < -0.4 is 0 Å². The summed E-state index contributed by atoms with van der Waals surface area (Å²) in [5.74, 6) is 1.98. The van der Waals surface area contributed by atoms with Gasteiger partial charge < -0.3 is 14.2 Å². The Morgan fingerprint density at radius 2 is 2.40 bits per heavy atom. The second-order valence-corrected chi connectivity index (χ2v) is 7.63. The highest BCUT2D eigenvalue weighted by molar-refractivity contribution is 7.08. The van der Waals surface area contributed by atoms with Gasteiger partial charge in [0.2, 0.25) is 5.89 Å². The van der Waals surface area contributed by atoms with Crippen molar-refractivity contribution in [2.45, 2.75) is 45.6 Å². The molecule has 1 aliphatic rings. The molecule has 3 rings (SSSR count). The third-order valence-corrected chi connectivity index (χ3v) is 4.89. The number of carbonyl (C=O) groups excluding carboxylic acids is 1. The molecule has 136 valence electrons. The molecular formula is C18H25N3O3S. The highest BCUT2D eigenvalue weighted by atomic mass is 32.1. The van der Waals surface area contributed by atoms with Crippen molar-refractivity contribution in [3.8, 4) is 0 Å². The van der Waals surface area contributed by atoms with E-state index in [0.29, 0.717) is 37.2 Å². The maximum atomic E-state index is 12.4. The highest BCUT2D eigenvalue weighted by Crippen LogP contribution is 2.17. The van der Waals surface area contributed by atoms with Crippen LogP contribution in [0, 0.1) is 5.92 Å². The lowest BCUT2D eigenvalue weighted by atomic mass is 10.1. The number of rotatable bonds is 7. The minimum atomic E-state index is 0.0818. The second-order valence-electron chi connectivity index (χ2n) is 6.85. The summed E-state index contributed by atoms with van der Waals surface area (Å²) < 4.78 is 11.2. The number of hydrogen-bond donors (Lipinski definition) is 0. The predicted molar refractivity (Wildman–Crippen MR) is 95.7 cm³/mol. The Bertz CT molecular complexity index is 669. The van der Waals surface area contributed by atoms with E-state index in [4.69, 9.17) is 9.26 Å². The number of amides is 1. The summed E-state index contributed by atoms with van der Waals surface area (Å²) in [7, 11) is 0. The van der Waals surface area contributed by atoms with E-state index in [1.54, 1.807) is 11.3 Å². The van der Waals surface area contributed by atoms with Crippen LogP contribution in [0.5, 0.6) is 0 Å². The molecule has 1 fully saturated rings. The summed E-state index contributed by atoms with van der Waals surface area (Å²) in [4.78, 5) is 18.7. The molecule has 2 aromatic rings. The average Bonchev–Trinajstić information content (AvgIpc) is 3.26. The molecule has 1 atom stereocenters. The van der Waals surface area contributed by atoms with E-state index in [9.17, 15) is 4.79 Å². The summed E-state index contributed by atoms with van der Waals surface area (Å²) in [6.07, 6.45) is 3.48. The van der Waals surface area contributed by atoms with Crippen LogP contribution in [0.4, 0.5) is 0 Å². The SMILES string of the molecule is CC(C)Cc1nc(CCOC2CCCN(C(=O)c3ccsc3)C2)no1. The third-order valence-electron chi connectivity index (χ3n) is 4.21. The van der Waals surface area contributed by atoms with Crippen LogP contribution in [-0.2, 0) is 17.6 Å². The summed E-state index contributed by atoms with van der Waals surface area (Å²) in [5.41, 5.74) is 0.773. The molecule has 0 radical (unpaired) electrons. The molecule has 0 aromatic carbocycles. The molecule has 25 heavy (non-hydrogen) atoms. The number of ether oxygens (including phenoxy) is 1. The first-order valence-electron chi connectivity index (χ1n) is 8.86. The molecule has 2 aromatic heterocycles. The van der Waals surface area contributed by atoms with E-state index >= 15 is 0 Å². The fourth-order valence-electron chi connectivity index (χ4n) is 2.97. The molecule has 0 saturated carbocycles. The Kier molecular flexibility index (Phi) is 6.20. The molecule has 7 heteroatoms. The van der Waals surface area contributed by atoms with Crippen LogP contribution in [0.3, 0.4) is 0 Å². The maximum Gasteiger partial charge on any atom is 0.254 e. The van der Waals surface area contributed by atoms with Gasteiger partial charge in [-0.15, -0.1) is 0 Å². The number of piperidine rings is 1. The van der Waals surface area contributed by atoms with Crippen molar-refractivity contribution in [3.63, 3.8) is 0 Å². The van der Waals surface area contributed by atoms with Crippen molar-refractivity contribution in [1.29, 1.82) is 0 Å². The molecule has 1 amide bonds. The van der Waals surface area contributed by atoms with Gasteiger partial charge in [-0.1, -0.05) is 19.0 Å². The first-order valence-corrected chi connectivity index (χ1v) is 9.80. The van der Waals surface area contributed by atoms with E-state index in [1.165, 1.54) is 0 Å². The number of nitrogens with zero attached hydrogens (tertiary/aromatic N) is 3. The first-order chi connectivity index (χ1) is 12.1. The zero-order chi connectivity index (χ0) is 17.6. The molecule has 0 aliphatic carbocycles. The number of likely N-dealkylation sites (tertiary alicyclic amines) is 1. The van der Waals surface area contributed by atoms with Crippen molar-refractivity contribution in [2.24, 2.45) is 5.92 Å². The van der Waals surface area contributed by atoms with E-state index in [0.717, 1.165) is 31.4 Å². The maximum absolute atomic E-state index is 12.4. The zero-order valence-electron chi connectivity index (χ0n) is 14.8. The van der Waals surface area contributed by atoms with E-state index in [2.05, 4.69) is 24.0 Å². The summed E-state index contributed by atoms with van der Waals surface area (Å²) in [6, 6.07) is 1.88. The minimum absolute atomic E-state index is 0.0818. The Morgan fingerprint density at radius 1 is 1.52 bits per heavy atom. The second kappa shape index (κ2) is 8.58.